The third-order valence-electron chi connectivity index (χ3n) is 5.38. The quantitative estimate of drug-likeness (QED) is 0.827. The highest BCUT2D eigenvalue weighted by Gasteiger charge is 2.27. The predicted octanol–water partition coefficient (Wildman–Crippen LogP) is 4.03. The molecule has 1 saturated carbocycles. The molecule has 0 radical (unpaired) electrons. The summed E-state index contributed by atoms with van der Waals surface area (Å²) in [6, 6.07) is 18.4. The van der Waals surface area contributed by atoms with Crippen molar-refractivity contribution in [2.75, 3.05) is 25.0 Å². The van der Waals surface area contributed by atoms with Gasteiger partial charge in [0, 0.05) is 24.8 Å². The first-order chi connectivity index (χ1) is 12.8. The van der Waals surface area contributed by atoms with Crippen molar-refractivity contribution in [3.8, 4) is 0 Å². The lowest BCUT2D eigenvalue weighted by Crippen LogP contribution is -2.45. The largest absolute Gasteiger partial charge is 0.355 e. The minimum atomic E-state index is 0.129. The molecular weight excluding hydrogens is 322 g/mol. The van der Waals surface area contributed by atoms with Crippen molar-refractivity contribution in [2.24, 2.45) is 5.92 Å². The summed E-state index contributed by atoms with van der Waals surface area (Å²) in [5, 5.41) is 7.06. The highest BCUT2D eigenvalue weighted by molar-refractivity contribution is 6.00. The number of nitrogens with zero attached hydrogens (tertiary/aromatic N) is 1. The number of amides is 1. The Labute approximate surface area is 155 Å². The molecule has 136 valence electrons. The molecule has 2 N–H and O–H groups in total. The van der Waals surface area contributed by atoms with Crippen molar-refractivity contribution >= 4 is 17.3 Å². The van der Waals surface area contributed by atoms with E-state index in [2.05, 4.69) is 10.6 Å². The van der Waals surface area contributed by atoms with Gasteiger partial charge in [0.25, 0.3) is 5.91 Å². The molecule has 0 unspecified atom stereocenters. The van der Waals surface area contributed by atoms with Crippen LogP contribution in [0.3, 0.4) is 0 Å². The second-order valence-corrected chi connectivity index (χ2v) is 7.45. The van der Waals surface area contributed by atoms with Crippen LogP contribution in [0.15, 0.2) is 54.6 Å². The fourth-order valence-electron chi connectivity index (χ4n) is 3.57. The topological polar surface area (TPSA) is 44.4 Å². The molecule has 0 atom stereocenters. The van der Waals surface area contributed by atoms with Crippen LogP contribution in [-0.2, 0) is 0 Å². The lowest BCUT2D eigenvalue weighted by Gasteiger charge is -2.33. The van der Waals surface area contributed by atoms with Crippen LogP contribution in [0, 0.1) is 5.92 Å². The first kappa shape index (κ1) is 17.1. The third-order valence-corrected chi connectivity index (χ3v) is 5.38. The zero-order valence-electron chi connectivity index (χ0n) is 15.2. The number of anilines is 2. The van der Waals surface area contributed by atoms with Crippen molar-refractivity contribution in [3.05, 3.63) is 60.2 Å². The van der Waals surface area contributed by atoms with Gasteiger partial charge < -0.3 is 15.5 Å². The van der Waals surface area contributed by atoms with Gasteiger partial charge in [0.2, 0.25) is 0 Å². The first-order valence-corrected chi connectivity index (χ1v) is 9.73. The maximum Gasteiger partial charge on any atom is 0.255 e. The smallest absolute Gasteiger partial charge is 0.255 e. The molecule has 1 heterocycles. The fourth-order valence-corrected chi connectivity index (χ4v) is 3.57. The SMILES string of the molecule is O=C(c1ccccc1Nc1ccccc1)N1CCC(NCC2CC2)CC1. The second-order valence-electron chi connectivity index (χ2n) is 7.45. The highest BCUT2D eigenvalue weighted by Crippen LogP contribution is 2.28. The van der Waals surface area contributed by atoms with Crippen LogP contribution >= 0.6 is 0 Å². The van der Waals surface area contributed by atoms with Crippen LogP contribution in [-0.4, -0.2) is 36.5 Å². The lowest BCUT2D eigenvalue weighted by atomic mass is 10.0. The molecule has 4 rings (SSSR count). The number of piperidine rings is 1. The van der Waals surface area contributed by atoms with E-state index in [1.165, 1.54) is 12.8 Å². The Kier molecular flexibility index (Phi) is 5.21. The molecule has 4 nitrogen and oxygen atoms in total. The van der Waals surface area contributed by atoms with E-state index in [4.69, 9.17) is 0 Å². The Morgan fingerprint density at radius 3 is 2.35 bits per heavy atom. The predicted molar refractivity (Wildman–Crippen MR) is 106 cm³/mol. The molecule has 1 aliphatic heterocycles. The lowest BCUT2D eigenvalue weighted by molar-refractivity contribution is 0.0706. The van der Waals surface area contributed by atoms with Crippen molar-refractivity contribution in [3.63, 3.8) is 0 Å². The van der Waals surface area contributed by atoms with Gasteiger partial charge in [0.1, 0.15) is 0 Å². The molecule has 2 aromatic rings. The summed E-state index contributed by atoms with van der Waals surface area (Å²) in [7, 11) is 0. The molecule has 2 aromatic carbocycles. The summed E-state index contributed by atoms with van der Waals surface area (Å²) in [5.41, 5.74) is 2.62. The van der Waals surface area contributed by atoms with Gasteiger partial charge in [-0.1, -0.05) is 30.3 Å². The van der Waals surface area contributed by atoms with Crippen molar-refractivity contribution < 1.29 is 4.79 Å². The number of para-hydroxylation sites is 2. The van der Waals surface area contributed by atoms with Crippen molar-refractivity contribution in [1.29, 1.82) is 0 Å². The zero-order chi connectivity index (χ0) is 17.8. The van der Waals surface area contributed by atoms with Gasteiger partial charge in [-0.05, 0) is 62.4 Å². The molecule has 26 heavy (non-hydrogen) atoms. The minimum Gasteiger partial charge on any atom is -0.355 e. The Morgan fingerprint density at radius 1 is 0.923 bits per heavy atom. The molecule has 0 spiro atoms. The molecule has 2 aliphatic rings. The second kappa shape index (κ2) is 7.92. The number of carbonyl (C=O) groups excluding carboxylic acids is 1. The Balaban J connectivity index is 1.38. The Morgan fingerprint density at radius 2 is 1.62 bits per heavy atom. The van der Waals surface area contributed by atoms with E-state index in [-0.39, 0.29) is 5.91 Å². The van der Waals surface area contributed by atoms with E-state index in [1.807, 2.05) is 59.5 Å². The summed E-state index contributed by atoms with van der Waals surface area (Å²) < 4.78 is 0. The van der Waals surface area contributed by atoms with E-state index >= 15 is 0 Å². The standard InChI is InChI=1S/C22H27N3O/c26-22(25-14-12-18(13-15-25)23-16-17-10-11-17)20-8-4-5-9-21(20)24-19-6-2-1-3-7-19/h1-9,17-18,23-24H,10-16H2. The number of benzene rings is 2. The maximum absolute atomic E-state index is 13.1. The molecule has 4 heteroatoms. The van der Waals surface area contributed by atoms with Crippen LogP contribution in [0.4, 0.5) is 11.4 Å². The van der Waals surface area contributed by atoms with Crippen LogP contribution in [0.1, 0.15) is 36.0 Å². The Bertz CT molecular complexity index is 734. The molecule has 0 bridgehead atoms. The third kappa shape index (κ3) is 4.25. The van der Waals surface area contributed by atoms with Gasteiger partial charge in [-0.25, -0.2) is 0 Å². The van der Waals surface area contributed by atoms with Gasteiger partial charge in [-0.2, -0.15) is 0 Å². The van der Waals surface area contributed by atoms with Gasteiger partial charge in [-0.15, -0.1) is 0 Å². The number of rotatable bonds is 6. The van der Waals surface area contributed by atoms with Crippen LogP contribution in [0.2, 0.25) is 0 Å². The summed E-state index contributed by atoms with van der Waals surface area (Å²) >= 11 is 0. The van der Waals surface area contributed by atoms with E-state index in [1.54, 1.807) is 0 Å². The van der Waals surface area contributed by atoms with E-state index < -0.39 is 0 Å². The monoisotopic (exact) mass is 349 g/mol. The van der Waals surface area contributed by atoms with Crippen LogP contribution in [0.5, 0.6) is 0 Å². The molecular formula is C22H27N3O. The first-order valence-electron chi connectivity index (χ1n) is 9.73. The average Bonchev–Trinajstić information content (AvgIpc) is 3.52. The number of nitrogens with one attached hydrogen (secondary N) is 2. The van der Waals surface area contributed by atoms with E-state index in [0.717, 1.165) is 55.3 Å². The van der Waals surface area contributed by atoms with Gasteiger partial charge in [0.05, 0.1) is 11.3 Å². The Hall–Kier alpha value is -2.33. The molecule has 0 aromatic heterocycles. The van der Waals surface area contributed by atoms with Crippen molar-refractivity contribution in [1.82, 2.24) is 10.2 Å². The highest BCUT2D eigenvalue weighted by atomic mass is 16.2. The number of hydrogen-bond donors (Lipinski definition) is 2. The number of likely N-dealkylation sites (tertiary alicyclic amines) is 1. The van der Waals surface area contributed by atoms with Gasteiger partial charge in [0.15, 0.2) is 0 Å². The van der Waals surface area contributed by atoms with Gasteiger partial charge >= 0.3 is 0 Å². The summed E-state index contributed by atoms with van der Waals surface area (Å²) in [6.45, 7) is 2.82. The minimum absolute atomic E-state index is 0.129. The van der Waals surface area contributed by atoms with E-state index in [9.17, 15) is 4.79 Å². The molecule has 1 aliphatic carbocycles. The van der Waals surface area contributed by atoms with Crippen LogP contribution < -0.4 is 10.6 Å². The van der Waals surface area contributed by atoms with Crippen LogP contribution in [0.25, 0.3) is 0 Å². The molecule has 2 fully saturated rings. The zero-order valence-corrected chi connectivity index (χ0v) is 15.2. The van der Waals surface area contributed by atoms with E-state index in [0.29, 0.717) is 6.04 Å². The number of hydrogen-bond acceptors (Lipinski definition) is 3. The van der Waals surface area contributed by atoms with Crippen molar-refractivity contribution in [2.45, 2.75) is 31.7 Å². The summed E-state index contributed by atoms with van der Waals surface area (Å²) in [6.07, 6.45) is 4.87. The summed E-state index contributed by atoms with van der Waals surface area (Å²) in [5.74, 6) is 1.04. The molecule has 1 amide bonds. The average molecular weight is 349 g/mol. The van der Waals surface area contributed by atoms with Gasteiger partial charge in [-0.3, -0.25) is 4.79 Å². The maximum atomic E-state index is 13.1. The number of carbonyl (C=O) groups is 1. The normalized spacial score (nSPS) is 17.9. The summed E-state index contributed by atoms with van der Waals surface area (Å²) in [4.78, 5) is 15.1. The molecule has 1 saturated heterocycles. The fraction of sp³-hybridized carbons (Fsp3) is 0.409.